The summed E-state index contributed by atoms with van der Waals surface area (Å²) in [6.45, 7) is 2.12. The van der Waals surface area contributed by atoms with Crippen molar-refractivity contribution < 1.29 is 4.79 Å². The highest BCUT2D eigenvalue weighted by Crippen LogP contribution is 2.48. The lowest BCUT2D eigenvalue weighted by Crippen LogP contribution is -2.30. The fourth-order valence-electron chi connectivity index (χ4n) is 3.06. The van der Waals surface area contributed by atoms with E-state index < -0.39 is 0 Å². The first-order valence-electron chi connectivity index (χ1n) is 8.55. The van der Waals surface area contributed by atoms with Gasteiger partial charge >= 0.3 is 0 Å². The van der Waals surface area contributed by atoms with E-state index in [1.54, 1.807) is 23.5 Å². The summed E-state index contributed by atoms with van der Waals surface area (Å²) in [5.41, 5.74) is 4.54. The van der Waals surface area contributed by atoms with Crippen LogP contribution in [0.4, 0.5) is 11.4 Å². The molecular weight excluding hydrogens is 358 g/mol. The van der Waals surface area contributed by atoms with Crippen molar-refractivity contribution in [2.75, 3.05) is 10.7 Å². The lowest BCUT2D eigenvalue weighted by Gasteiger charge is -2.31. The van der Waals surface area contributed by atoms with Gasteiger partial charge in [-0.25, -0.2) is 0 Å². The molecule has 3 aromatic rings. The topological polar surface area (TPSA) is 20.3 Å². The number of carbonyl (C=O) groups is 1. The van der Waals surface area contributed by atoms with Crippen LogP contribution in [0, 0.1) is 6.92 Å². The van der Waals surface area contributed by atoms with E-state index in [0.717, 1.165) is 26.9 Å². The first-order valence-corrected chi connectivity index (χ1v) is 10.5. The molecule has 130 valence electrons. The standard InChI is InChI=1S/C22H19NOS2/c1-16-8-2-3-9-17(16)14-25-15-22(24)23-18-10-4-6-12-20(18)26-21-13-7-5-11-19(21)23/h2-13H,14-15H2,1H3. The minimum Gasteiger partial charge on any atom is -0.278 e. The Labute approximate surface area is 162 Å². The van der Waals surface area contributed by atoms with Gasteiger partial charge in [-0.15, -0.1) is 11.8 Å². The van der Waals surface area contributed by atoms with Gasteiger partial charge in [0.2, 0.25) is 5.91 Å². The molecule has 0 fully saturated rings. The Balaban J connectivity index is 1.55. The zero-order chi connectivity index (χ0) is 17.9. The van der Waals surface area contributed by atoms with Crippen molar-refractivity contribution in [1.29, 1.82) is 0 Å². The molecule has 0 saturated carbocycles. The highest BCUT2D eigenvalue weighted by Gasteiger charge is 2.27. The smallest absolute Gasteiger partial charge is 0.241 e. The molecule has 1 heterocycles. The van der Waals surface area contributed by atoms with Gasteiger partial charge in [-0.3, -0.25) is 9.69 Å². The second-order valence-electron chi connectivity index (χ2n) is 6.19. The van der Waals surface area contributed by atoms with Crippen LogP contribution in [0.3, 0.4) is 0 Å². The minimum absolute atomic E-state index is 0.129. The van der Waals surface area contributed by atoms with Crippen molar-refractivity contribution in [3.8, 4) is 0 Å². The average molecular weight is 378 g/mol. The van der Waals surface area contributed by atoms with Crippen molar-refractivity contribution in [2.24, 2.45) is 0 Å². The predicted molar refractivity (Wildman–Crippen MR) is 111 cm³/mol. The molecular formula is C22H19NOS2. The maximum Gasteiger partial charge on any atom is 0.241 e. The molecule has 1 aliphatic heterocycles. The number of amides is 1. The van der Waals surface area contributed by atoms with Crippen molar-refractivity contribution in [3.05, 3.63) is 83.9 Å². The number of carbonyl (C=O) groups excluding carboxylic acids is 1. The Morgan fingerprint density at radius 2 is 1.46 bits per heavy atom. The molecule has 4 rings (SSSR count). The maximum absolute atomic E-state index is 13.1. The zero-order valence-corrected chi connectivity index (χ0v) is 16.1. The van der Waals surface area contributed by atoms with Crippen LogP contribution in [0.5, 0.6) is 0 Å². The van der Waals surface area contributed by atoms with Crippen molar-refractivity contribution in [1.82, 2.24) is 0 Å². The van der Waals surface area contributed by atoms with Gasteiger partial charge in [0.25, 0.3) is 0 Å². The number of nitrogens with zero attached hydrogens (tertiary/aromatic N) is 1. The summed E-state index contributed by atoms with van der Waals surface area (Å²) in [6.07, 6.45) is 0. The van der Waals surface area contributed by atoms with E-state index in [9.17, 15) is 4.79 Å². The average Bonchev–Trinajstić information content (AvgIpc) is 2.67. The van der Waals surface area contributed by atoms with Gasteiger partial charge in [0, 0.05) is 15.5 Å². The summed E-state index contributed by atoms with van der Waals surface area (Å²) in [5.74, 6) is 1.44. The number of anilines is 2. The monoisotopic (exact) mass is 377 g/mol. The van der Waals surface area contributed by atoms with Crippen LogP contribution in [0.25, 0.3) is 0 Å². The second kappa shape index (κ2) is 7.60. The number of rotatable bonds is 4. The fraction of sp³-hybridized carbons (Fsp3) is 0.136. The van der Waals surface area contributed by atoms with Gasteiger partial charge in [-0.1, -0.05) is 60.3 Å². The third-order valence-corrected chi connectivity index (χ3v) is 6.52. The molecule has 3 aromatic carbocycles. The van der Waals surface area contributed by atoms with Crippen LogP contribution in [-0.4, -0.2) is 11.7 Å². The summed E-state index contributed by atoms with van der Waals surface area (Å²) < 4.78 is 0. The summed E-state index contributed by atoms with van der Waals surface area (Å²) >= 11 is 3.40. The van der Waals surface area contributed by atoms with E-state index >= 15 is 0 Å². The van der Waals surface area contributed by atoms with Gasteiger partial charge < -0.3 is 0 Å². The molecule has 1 aliphatic rings. The largest absolute Gasteiger partial charge is 0.278 e. The Morgan fingerprint density at radius 3 is 2.12 bits per heavy atom. The normalized spacial score (nSPS) is 12.4. The number of thioether (sulfide) groups is 1. The molecule has 26 heavy (non-hydrogen) atoms. The molecule has 0 spiro atoms. The van der Waals surface area contributed by atoms with Crippen LogP contribution >= 0.6 is 23.5 Å². The number of aryl methyl sites for hydroxylation is 1. The van der Waals surface area contributed by atoms with E-state index in [1.807, 2.05) is 47.4 Å². The summed E-state index contributed by atoms with van der Waals surface area (Å²) in [4.78, 5) is 17.2. The van der Waals surface area contributed by atoms with Crippen LogP contribution in [0.2, 0.25) is 0 Å². The van der Waals surface area contributed by atoms with Crippen molar-refractivity contribution in [3.63, 3.8) is 0 Å². The molecule has 0 aromatic heterocycles. The number of benzene rings is 3. The highest BCUT2D eigenvalue weighted by molar-refractivity contribution is 8.00. The predicted octanol–water partition coefficient (Wildman–Crippen LogP) is 6.06. The molecule has 0 radical (unpaired) electrons. The number of hydrogen-bond donors (Lipinski definition) is 0. The van der Waals surface area contributed by atoms with Gasteiger partial charge in [-0.2, -0.15) is 0 Å². The zero-order valence-electron chi connectivity index (χ0n) is 14.5. The van der Waals surface area contributed by atoms with Gasteiger partial charge in [0.1, 0.15) is 0 Å². The molecule has 1 amide bonds. The fourth-order valence-corrected chi connectivity index (χ4v) is 5.07. The molecule has 0 bridgehead atoms. The van der Waals surface area contributed by atoms with E-state index in [0.29, 0.717) is 5.75 Å². The van der Waals surface area contributed by atoms with Gasteiger partial charge in [0.15, 0.2) is 0 Å². The van der Waals surface area contributed by atoms with E-state index in [2.05, 4.69) is 37.3 Å². The highest BCUT2D eigenvalue weighted by atomic mass is 32.2. The summed E-state index contributed by atoms with van der Waals surface area (Å²) in [5, 5.41) is 0. The summed E-state index contributed by atoms with van der Waals surface area (Å²) in [6, 6.07) is 24.6. The molecule has 0 aliphatic carbocycles. The minimum atomic E-state index is 0.129. The summed E-state index contributed by atoms with van der Waals surface area (Å²) in [7, 11) is 0. The third-order valence-electron chi connectivity index (χ3n) is 4.43. The SMILES string of the molecule is Cc1ccccc1CSCC(=O)N1c2ccccc2Sc2ccccc21. The molecule has 0 unspecified atom stereocenters. The Kier molecular flexibility index (Phi) is 5.05. The third kappa shape index (κ3) is 3.39. The van der Waals surface area contributed by atoms with Gasteiger partial charge in [-0.05, 0) is 42.3 Å². The molecule has 2 nitrogen and oxygen atoms in total. The Hall–Kier alpha value is -2.17. The van der Waals surface area contributed by atoms with Crippen LogP contribution < -0.4 is 4.90 Å². The van der Waals surface area contributed by atoms with Crippen LogP contribution in [-0.2, 0) is 10.5 Å². The van der Waals surface area contributed by atoms with Crippen LogP contribution in [0.1, 0.15) is 11.1 Å². The number of hydrogen-bond acceptors (Lipinski definition) is 3. The van der Waals surface area contributed by atoms with Crippen molar-refractivity contribution >= 4 is 40.8 Å². The molecule has 0 atom stereocenters. The maximum atomic E-state index is 13.1. The molecule has 0 saturated heterocycles. The second-order valence-corrected chi connectivity index (χ2v) is 8.26. The number of fused-ring (bicyclic) bond motifs is 2. The quantitative estimate of drug-likeness (QED) is 0.551. The Bertz CT molecular complexity index is 909. The lowest BCUT2D eigenvalue weighted by atomic mass is 10.1. The number of para-hydroxylation sites is 2. The van der Waals surface area contributed by atoms with Crippen molar-refractivity contribution in [2.45, 2.75) is 22.5 Å². The Morgan fingerprint density at radius 1 is 0.885 bits per heavy atom. The first-order chi connectivity index (χ1) is 12.7. The molecule has 0 N–H and O–H groups in total. The van der Waals surface area contributed by atoms with E-state index in [1.165, 1.54) is 11.1 Å². The first kappa shape index (κ1) is 17.3. The van der Waals surface area contributed by atoms with E-state index in [-0.39, 0.29) is 5.91 Å². The molecule has 4 heteroatoms. The van der Waals surface area contributed by atoms with E-state index in [4.69, 9.17) is 0 Å². The van der Waals surface area contributed by atoms with Gasteiger partial charge in [0.05, 0.1) is 17.1 Å². The van der Waals surface area contributed by atoms with Crippen LogP contribution in [0.15, 0.2) is 82.6 Å². The lowest BCUT2D eigenvalue weighted by molar-refractivity contribution is -0.115.